The second kappa shape index (κ2) is 10.8. The molecule has 0 spiro atoms. The fourth-order valence-electron chi connectivity index (χ4n) is 4.22. The van der Waals surface area contributed by atoms with Crippen molar-refractivity contribution in [2.45, 2.75) is 39.0 Å². The van der Waals surface area contributed by atoms with E-state index in [9.17, 15) is 0 Å². The first-order valence-electron chi connectivity index (χ1n) is 11.7. The Hall–Kier alpha value is -3.38. The van der Waals surface area contributed by atoms with Gasteiger partial charge < -0.3 is 0 Å². The summed E-state index contributed by atoms with van der Waals surface area (Å²) in [5, 5.41) is 0. The van der Waals surface area contributed by atoms with E-state index in [2.05, 4.69) is 129 Å². The van der Waals surface area contributed by atoms with Gasteiger partial charge in [0.05, 0.1) is 0 Å². The molecule has 32 heavy (non-hydrogen) atoms. The molecule has 0 aliphatic heterocycles. The van der Waals surface area contributed by atoms with Crippen molar-refractivity contribution >= 4 is 0 Å². The maximum Gasteiger partial charge on any atom is -0.0150 e. The van der Waals surface area contributed by atoms with Gasteiger partial charge in [0.2, 0.25) is 0 Å². The van der Waals surface area contributed by atoms with Crippen LogP contribution in [0.3, 0.4) is 0 Å². The largest absolute Gasteiger partial charge is 0.0917 e. The molecule has 4 aromatic carbocycles. The Morgan fingerprint density at radius 3 is 1.56 bits per heavy atom. The van der Waals surface area contributed by atoms with Crippen LogP contribution in [0.2, 0.25) is 0 Å². The molecule has 0 amide bonds. The molecule has 1 atom stereocenters. The molecule has 0 bridgehead atoms. The van der Waals surface area contributed by atoms with Crippen LogP contribution in [0.25, 0.3) is 22.3 Å². The van der Waals surface area contributed by atoms with Gasteiger partial charge in [0, 0.05) is 0 Å². The predicted octanol–water partition coefficient (Wildman–Crippen LogP) is 8.88. The quantitative estimate of drug-likeness (QED) is 0.252. The Balaban J connectivity index is 1.40. The molecule has 0 aliphatic carbocycles. The lowest BCUT2D eigenvalue weighted by molar-refractivity contribution is 0.759. The predicted molar refractivity (Wildman–Crippen MR) is 139 cm³/mol. The lowest BCUT2D eigenvalue weighted by Gasteiger charge is -2.12. The minimum Gasteiger partial charge on any atom is -0.0917 e. The van der Waals surface area contributed by atoms with Crippen LogP contribution in [0, 0.1) is 0 Å². The fraction of sp³-hybridized carbons (Fsp3) is 0.188. The van der Waals surface area contributed by atoms with Crippen molar-refractivity contribution in [3.8, 4) is 22.3 Å². The summed E-state index contributed by atoms with van der Waals surface area (Å²) in [7, 11) is 0. The topological polar surface area (TPSA) is 0 Å². The van der Waals surface area contributed by atoms with Crippen LogP contribution < -0.4 is 0 Å². The van der Waals surface area contributed by atoms with Gasteiger partial charge in [-0.25, -0.2) is 0 Å². The Kier molecular flexibility index (Phi) is 7.35. The SMILES string of the molecule is C/C=C/CCc1ccc(-c2ccc(-c3ccc(CC(C)c4ccccc4)cc3)cc2)cc1. The number of allylic oxidation sites excluding steroid dienone is 2. The van der Waals surface area contributed by atoms with Crippen LogP contribution in [0.5, 0.6) is 0 Å². The first-order chi connectivity index (χ1) is 15.7. The van der Waals surface area contributed by atoms with Crippen molar-refractivity contribution in [1.29, 1.82) is 0 Å². The standard InChI is InChI=1S/C32H32/c1-3-4-6-9-26-12-16-29(17-13-26)31-20-22-32(23-21-31)30-18-14-27(15-19-30)24-25(2)28-10-7-5-8-11-28/h3-5,7-8,10-23,25H,6,9,24H2,1-2H3/b4-3+. The van der Waals surface area contributed by atoms with Gasteiger partial charge in [-0.05, 0) is 71.0 Å². The van der Waals surface area contributed by atoms with Gasteiger partial charge in [0.25, 0.3) is 0 Å². The van der Waals surface area contributed by atoms with Crippen molar-refractivity contribution < 1.29 is 0 Å². The van der Waals surface area contributed by atoms with Gasteiger partial charge in [-0.3, -0.25) is 0 Å². The summed E-state index contributed by atoms with van der Waals surface area (Å²) >= 11 is 0. The van der Waals surface area contributed by atoms with Crippen molar-refractivity contribution in [3.63, 3.8) is 0 Å². The van der Waals surface area contributed by atoms with E-state index in [0.29, 0.717) is 5.92 Å². The van der Waals surface area contributed by atoms with Gasteiger partial charge >= 0.3 is 0 Å². The molecule has 1 unspecified atom stereocenters. The summed E-state index contributed by atoms with van der Waals surface area (Å²) in [5.41, 5.74) is 9.25. The summed E-state index contributed by atoms with van der Waals surface area (Å²) in [6, 6.07) is 37.7. The Morgan fingerprint density at radius 1 is 0.594 bits per heavy atom. The average molecular weight is 417 g/mol. The zero-order valence-corrected chi connectivity index (χ0v) is 19.2. The molecule has 0 heterocycles. The summed E-state index contributed by atoms with van der Waals surface area (Å²) < 4.78 is 0. The van der Waals surface area contributed by atoms with Crippen LogP contribution in [0.1, 0.15) is 42.9 Å². The monoisotopic (exact) mass is 416 g/mol. The fourth-order valence-corrected chi connectivity index (χ4v) is 4.22. The number of hydrogen-bond acceptors (Lipinski definition) is 0. The molecule has 4 rings (SSSR count). The molecule has 0 heteroatoms. The van der Waals surface area contributed by atoms with Crippen LogP contribution in [0.15, 0.2) is 115 Å². The number of aryl methyl sites for hydroxylation is 1. The lowest BCUT2D eigenvalue weighted by Crippen LogP contribution is -1.98. The van der Waals surface area contributed by atoms with E-state index in [1.807, 2.05) is 0 Å². The van der Waals surface area contributed by atoms with Crippen LogP contribution in [0.4, 0.5) is 0 Å². The van der Waals surface area contributed by atoms with E-state index in [0.717, 1.165) is 19.3 Å². The summed E-state index contributed by atoms with van der Waals surface area (Å²) in [4.78, 5) is 0. The molecule has 0 saturated heterocycles. The zero-order chi connectivity index (χ0) is 22.2. The van der Waals surface area contributed by atoms with Gasteiger partial charge in [0.1, 0.15) is 0 Å². The number of rotatable bonds is 8. The highest BCUT2D eigenvalue weighted by atomic mass is 14.1. The van der Waals surface area contributed by atoms with Gasteiger partial charge in [-0.1, -0.05) is 122 Å². The molecule has 0 fully saturated rings. The second-order valence-electron chi connectivity index (χ2n) is 8.59. The summed E-state index contributed by atoms with van der Waals surface area (Å²) in [6.07, 6.45) is 7.61. The minimum atomic E-state index is 0.524. The number of benzene rings is 4. The smallest absolute Gasteiger partial charge is 0.0150 e. The van der Waals surface area contributed by atoms with Crippen molar-refractivity contribution in [1.82, 2.24) is 0 Å². The van der Waals surface area contributed by atoms with E-state index < -0.39 is 0 Å². The van der Waals surface area contributed by atoms with Crippen LogP contribution in [-0.2, 0) is 12.8 Å². The van der Waals surface area contributed by atoms with Crippen molar-refractivity contribution in [3.05, 3.63) is 132 Å². The third kappa shape index (κ3) is 5.65. The molecular weight excluding hydrogens is 384 g/mol. The molecular formula is C32H32. The molecule has 0 radical (unpaired) electrons. The first-order valence-corrected chi connectivity index (χ1v) is 11.7. The maximum atomic E-state index is 2.30. The Morgan fingerprint density at radius 2 is 1.06 bits per heavy atom. The highest BCUT2D eigenvalue weighted by molar-refractivity contribution is 5.70. The molecule has 0 aliphatic rings. The third-order valence-corrected chi connectivity index (χ3v) is 6.21. The van der Waals surface area contributed by atoms with Crippen LogP contribution >= 0.6 is 0 Å². The van der Waals surface area contributed by atoms with E-state index in [4.69, 9.17) is 0 Å². The highest BCUT2D eigenvalue weighted by Crippen LogP contribution is 2.27. The number of hydrogen-bond donors (Lipinski definition) is 0. The molecule has 0 N–H and O–H groups in total. The molecule has 160 valence electrons. The van der Waals surface area contributed by atoms with Crippen molar-refractivity contribution in [2.75, 3.05) is 0 Å². The van der Waals surface area contributed by atoms with Crippen LogP contribution in [-0.4, -0.2) is 0 Å². The molecule has 4 aromatic rings. The van der Waals surface area contributed by atoms with E-state index in [1.54, 1.807) is 0 Å². The second-order valence-corrected chi connectivity index (χ2v) is 8.59. The van der Waals surface area contributed by atoms with Gasteiger partial charge in [-0.15, -0.1) is 0 Å². The summed E-state index contributed by atoms with van der Waals surface area (Å²) in [6.45, 7) is 4.38. The average Bonchev–Trinajstić information content (AvgIpc) is 2.86. The third-order valence-electron chi connectivity index (χ3n) is 6.21. The lowest BCUT2D eigenvalue weighted by atomic mass is 9.92. The molecule has 0 nitrogen and oxygen atoms in total. The Bertz CT molecular complexity index is 1120. The van der Waals surface area contributed by atoms with Gasteiger partial charge in [-0.2, -0.15) is 0 Å². The zero-order valence-electron chi connectivity index (χ0n) is 19.2. The first kappa shape index (κ1) is 21.8. The van der Waals surface area contributed by atoms with E-state index in [-0.39, 0.29) is 0 Å². The maximum absolute atomic E-state index is 2.30. The van der Waals surface area contributed by atoms with Gasteiger partial charge in [0.15, 0.2) is 0 Å². The highest BCUT2D eigenvalue weighted by Gasteiger charge is 2.07. The summed E-state index contributed by atoms with van der Waals surface area (Å²) in [5.74, 6) is 0.524. The Labute approximate surface area is 193 Å². The van der Waals surface area contributed by atoms with E-state index in [1.165, 1.54) is 38.9 Å². The molecule has 0 aromatic heterocycles. The minimum absolute atomic E-state index is 0.524. The normalized spacial score (nSPS) is 12.2. The molecule has 0 saturated carbocycles. The van der Waals surface area contributed by atoms with E-state index >= 15 is 0 Å². The van der Waals surface area contributed by atoms with Crippen molar-refractivity contribution in [2.24, 2.45) is 0 Å².